The van der Waals surface area contributed by atoms with Crippen LogP contribution in [0.1, 0.15) is 20.3 Å². The quantitative estimate of drug-likeness (QED) is 0.278. The van der Waals surface area contributed by atoms with E-state index >= 15 is 0 Å². The third-order valence-electron chi connectivity index (χ3n) is 4.87. The number of fused-ring (bicyclic) bond motifs is 1. The molecule has 0 saturated carbocycles. The van der Waals surface area contributed by atoms with E-state index in [1.807, 2.05) is 42.5 Å². The lowest BCUT2D eigenvalue weighted by molar-refractivity contribution is 0.314. The van der Waals surface area contributed by atoms with Crippen molar-refractivity contribution >= 4 is 34.0 Å². The number of para-hydroxylation sites is 1. The van der Waals surface area contributed by atoms with Crippen molar-refractivity contribution in [3.8, 4) is 11.5 Å². The molecule has 5 heteroatoms. The van der Waals surface area contributed by atoms with Crippen molar-refractivity contribution in [3.63, 3.8) is 0 Å². The molecule has 0 bridgehead atoms. The van der Waals surface area contributed by atoms with Gasteiger partial charge in [-0.1, -0.05) is 56.3 Å². The summed E-state index contributed by atoms with van der Waals surface area (Å²) in [7, 11) is 0. The van der Waals surface area contributed by atoms with Gasteiger partial charge in [-0.15, -0.1) is 0 Å². The van der Waals surface area contributed by atoms with Crippen LogP contribution in [0.15, 0.2) is 59.6 Å². The molecule has 0 aliphatic carbocycles. The Bertz CT molecular complexity index is 951. The van der Waals surface area contributed by atoms with Crippen LogP contribution in [-0.2, 0) is 0 Å². The Kier molecular flexibility index (Phi) is 6.50. The van der Waals surface area contributed by atoms with E-state index < -0.39 is 0 Å². The van der Waals surface area contributed by atoms with Crippen molar-refractivity contribution < 1.29 is 10.2 Å². The van der Waals surface area contributed by atoms with Crippen LogP contribution in [0, 0.1) is 0 Å². The molecule has 3 rings (SSSR count). The SMILES string of the molecule is CCN(CC)CCC=Nc1c(Nc2ccccc2)c(O)c2ccccc2c1O. The Balaban J connectivity index is 2.00. The predicted octanol–water partition coefficient (Wildman–Crippen LogP) is 5.43. The van der Waals surface area contributed by atoms with E-state index in [1.54, 1.807) is 18.3 Å². The highest BCUT2D eigenvalue weighted by atomic mass is 16.3. The minimum Gasteiger partial charge on any atom is -0.505 e. The largest absolute Gasteiger partial charge is 0.505 e. The summed E-state index contributed by atoms with van der Waals surface area (Å²) in [5.41, 5.74) is 1.56. The van der Waals surface area contributed by atoms with Gasteiger partial charge in [0, 0.05) is 29.2 Å². The first-order valence-electron chi connectivity index (χ1n) is 9.69. The molecule has 0 aromatic heterocycles. The standard InChI is InChI=1S/C23H27N3O2/c1-3-26(4-2)16-10-15-24-20-21(25-17-11-6-5-7-12-17)23(28)19-14-9-8-13-18(19)22(20)27/h5-9,11-15,25,27-28H,3-4,10,16H2,1-2H3. The highest BCUT2D eigenvalue weighted by molar-refractivity contribution is 6.05. The zero-order chi connectivity index (χ0) is 19.9. The molecule has 0 aliphatic rings. The van der Waals surface area contributed by atoms with Gasteiger partial charge in [-0.2, -0.15) is 0 Å². The first-order chi connectivity index (χ1) is 13.7. The molecule has 0 saturated heterocycles. The normalized spacial score (nSPS) is 11.5. The summed E-state index contributed by atoms with van der Waals surface area (Å²) in [5.74, 6) is 0.138. The van der Waals surface area contributed by atoms with Crippen molar-refractivity contribution in [1.29, 1.82) is 0 Å². The molecule has 3 N–H and O–H groups in total. The number of benzene rings is 3. The lowest BCUT2D eigenvalue weighted by Gasteiger charge is -2.17. The van der Waals surface area contributed by atoms with E-state index in [4.69, 9.17) is 0 Å². The highest BCUT2D eigenvalue weighted by Gasteiger charge is 2.18. The summed E-state index contributed by atoms with van der Waals surface area (Å²) in [6, 6.07) is 16.8. The van der Waals surface area contributed by atoms with Gasteiger partial charge in [-0.3, -0.25) is 4.99 Å². The molecule has 0 fully saturated rings. The number of nitrogens with zero attached hydrogens (tertiary/aromatic N) is 2. The second-order valence-corrected chi connectivity index (χ2v) is 6.58. The predicted molar refractivity (Wildman–Crippen MR) is 118 cm³/mol. The van der Waals surface area contributed by atoms with Crippen molar-refractivity contribution in [2.45, 2.75) is 20.3 Å². The minimum atomic E-state index is 0.0610. The Morgan fingerprint density at radius 3 is 2.14 bits per heavy atom. The molecule has 0 heterocycles. The van der Waals surface area contributed by atoms with E-state index in [9.17, 15) is 10.2 Å². The minimum absolute atomic E-state index is 0.0610. The molecule has 3 aromatic carbocycles. The second kappa shape index (κ2) is 9.24. The molecule has 3 aromatic rings. The number of phenolic OH excluding ortho intramolecular Hbond substituents is 2. The molecular formula is C23H27N3O2. The summed E-state index contributed by atoms with van der Waals surface area (Å²) < 4.78 is 0. The Hall–Kier alpha value is -3.05. The Labute approximate surface area is 166 Å². The van der Waals surface area contributed by atoms with Crippen LogP contribution in [0.5, 0.6) is 11.5 Å². The molecular weight excluding hydrogens is 350 g/mol. The van der Waals surface area contributed by atoms with Crippen molar-refractivity contribution in [2.75, 3.05) is 25.0 Å². The zero-order valence-corrected chi connectivity index (χ0v) is 16.4. The number of aliphatic imine (C=N–C) groups is 1. The number of hydrogen-bond acceptors (Lipinski definition) is 5. The highest BCUT2D eigenvalue weighted by Crippen LogP contribution is 2.49. The summed E-state index contributed by atoms with van der Waals surface area (Å²) in [4.78, 5) is 6.84. The van der Waals surface area contributed by atoms with Gasteiger partial charge in [-0.05, 0) is 31.6 Å². The lowest BCUT2D eigenvalue weighted by Crippen LogP contribution is -2.24. The number of rotatable bonds is 8. The van der Waals surface area contributed by atoms with Crippen LogP contribution in [0.25, 0.3) is 10.8 Å². The zero-order valence-electron chi connectivity index (χ0n) is 16.4. The van der Waals surface area contributed by atoms with E-state index in [-0.39, 0.29) is 11.5 Å². The average molecular weight is 377 g/mol. The maximum absolute atomic E-state index is 10.9. The van der Waals surface area contributed by atoms with Crippen LogP contribution in [0.2, 0.25) is 0 Å². The van der Waals surface area contributed by atoms with Crippen molar-refractivity contribution in [3.05, 3.63) is 54.6 Å². The third kappa shape index (κ3) is 4.26. The van der Waals surface area contributed by atoms with Gasteiger partial charge < -0.3 is 20.4 Å². The van der Waals surface area contributed by atoms with Gasteiger partial charge in [-0.25, -0.2) is 0 Å². The third-order valence-corrected chi connectivity index (χ3v) is 4.87. The molecule has 0 amide bonds. The van der Waals surface area contributed by atoms with E-state index in [2.05, 4.69) is 29.1 Å². The van der Waals surface area contributed by atoms with Crippen molar-refractivity contribution in [1.82, 2.24) is 4.90 Å². The first kappa shape index (κ1) is 19.7. The Morgan fingerprint density at radius 1 is 0.893 bits per heavy atom. The van der Waals surface area contributed by atoms with Crippen LogP contribution < -0.4 is 5.32 Å². The molecule has 28 heavy (non-hydrogen) atoms. The second-order valence-electron chi connectivity index (χ2n) is 6.58. The fraction of sp³-hybridized carbons (Fsp3) is 0.261. The Morgan fingerprint density at radius 2 is 1.50 bits per heavy atom. The number of aromatic hydroxyl groups is 2. The fourth-order valence-electron chi connectivity index (χ4n) is 3.23. The lowest BCUT2D eigenvalue weighted by atomic mass is 10.0. The summed E-state index contributed by atoms with van der Waals surface area (Å²) in [6.07, 6.45) is 2.57. The van der Waals surface area contributed by atoms with Gasteiger partial charge in [0.2, 0.25) is 0 Å². The number of hydrogen-bond donors (Lipinski definition) is 3. The van der Waals surface area contributed by atoms with Crippen LogP contribution >= 0.6 is 0 Å². The van der Waals surface area contributed by atoms with Gasteiger partial charge in [0.1, 0.15) is 17.1 Å². The fourth-order valence-corrected chi connectivity index (χ4v) is 3.23. The number of nitrogens with one attached hydrogen (secondary N) is 1. The molecule has 0 unspecified atom stereocenters. The number of phenols is 2. The molecule has 0 atom stereocenters. The maximum atomic E-state index is 10.9. The first-order valence-corrected chi connectivity index (χ1v) is 9.69. The summed E-state index contributed by atoms with van der Waals surface area (Å²) in [5, 5.41) is 26.1. The molecule has 146 valence electrons. The van der Waals surface area contributed by atoms with Crippen LogP contribution in [0.4, 0.5) is 17.1 Å². The van der Waals surface area contributed by atoms with Crippen LogP contribution in [-0.4, -0.2) is 41.0 Å². The molecule has 0 radical (unpaired) electrons. The summed E-state index contributed by atoms with van der Waals surface area (Å²) in [6.45, 7) is 7.16. The maximum Gasteiger partial charge on any atom is 0.151 e. The van der Waals surface area contributed by atoms with E-state index in [0.717, 1.165) is 31.7 Å². The average Bonchev–Trinajstić information content (AvgIpc) is 2.74. The van der Waals surface area contributed by atoms with Gasteiger partial charge >= 0.3 is 0 Å². The monoisotopic (exact) mass is 377 g/mol. The topological polar surface area (TPSA) is 68.1 Å². The number of anilines is 2. The molecule has 0 aliphatic heterocycles. The van der Waals surface area contributed by atoms with E-state index in [0.29, 0.717) is 22.1 Å². The molecule has 0 spiro atoms. The molecule has 5 nitrogen and oxygen atoms in total. The van der Waals surface area contributed by atoms with Gasteiger partial charge in [0.15, 0.2) is 5.75 Å². The van der Waals surface area contributed by atoms with Crippen molar-refractivity contribution in [2.24, 2.45) is 4.99 Å². The van der Waals surface area contributed by atoms with Gasteiger partial charge in [0.25, 0.3) is 0 Å². The summed E-state index contributed by atoms with van der Waals surface area (Å²) >= 11 is 0. The smallest absolute Gasteiger partial charge is 0.151 e. The van der Waals surface area contributed by atoms with E-state index in [1.165, 1.54) is 0 Å². The van der Waals surface area contributed by atoms with Crippen LogP contribution in [0.3, 0.4) is 0 Å². The van der Waals surface area contributed by atoms with Gasteiger partial charge in [0.05, 0.1) is 0 Å².